The number of pyridine rings is 1. The standard InChI is InChI=1S/C17H18FN5O2/c1-4-7-25-11(3)14-10(2)22-15(16(19)23-14)17(24)21-9-13-8-12(18)5-6-20-13/h4-8H,3,9H2,1-2H3,(H2,19,23)(H,21,24)/b7-4-. The number of hydrogen-bond donors (Lipinski definition) is 2. The summed E-state index contributed by atoms with van der Waals surface area (Å²) in [4.78, 5) is 24.5. The first-order valence-corrected chi connectivity index (χ1v) is 7.42. The van der Waals surface area contributed by atoms with Gasteiger partial charge in [0.1, 0.15) is 17.3 Å². The summed E-state index contributed by atoms with van der Waals surface area (Å²) in [6.07, 6.45) is 4.46. The van der Waals surface area contributed by atoms with Crippen LogP contribution in [0.4, 0.5) is 10.2 Å². The number of aryl methyl sites for hydroxylation is 1. The lowest BCUT2D eigenvalue weighted by Crippen LogP contribution is -2.26. The highest BCUT2D eigenvalue weighted by Gasteiger charge is 2.17. The van der Waals surface area contributed by atoms with Crippen LogP contribution >= 0.6 is 0 Å². The van der Waals surface area contributed by atoms with Crippen molar-refractivity contribution in [3.63, 3.8) is 0 Å². The van der Waals surface area contributed by atoms with Gasteiger partial charge in [0.25, 0.3) is 5.91 Å². The molecule has 0 fully saturated rings. The van der Waals surface area contributed by atoms with Gasteiger partial charge in [-0.2, -0.15) is 0 Å². The van der Waals surface area contributed by atoms with Crippen LogP contribution in [0.5, 0.6) is 0 Å². The van der Waals surface area contributed by atoms with Crippen molar-refractivity contribution in [1.82, 2.24) is 20.3 Å². The van der Waals surface area contributed by atoms with Crippen molar-refractivity contribution in [1.29, 1.82) is 0 Å². The lowest BCUT2D eigenvalue weighted by atomic mass is 10.2. The Bertz CT molecular complexity index is 836. The highest BCUT2D eigenvalue weighted by Crippen LogP contribution is 2.18. The number of aromatic nitrogens is 3. The Morgan fingerprint density at radius 1 is 1.44 bits per heavy atom. The maximum atomic E-state index is 13.1. The molecule has 25 heavy (non-hydrogen) atoms. The Morgan fingerprint density at radius 3 is 2.88 bits per heavy atom. The van der Waals surface area contributed by atoms with E-state index in [0.29, 0.717) is 17.1 Å². The van der Waals surface area contributed by atoms with Crippen LogP contribution in [-0.2, 0) is 11.3 Å². The van der Waals surface area contributed by atoms with E-state index in [1.165, 1.54) is 24.6 Å². The third-order valence-corrected chi connectivity index (χ3v) is 3.13. The van der Waals surface area contributed by atoms with Gasteiger partial charge in [0.05, 0.1) is 24.2 Å². The fraction of sp³-hybridized carbons (Fsp3) is 0.176. The second-order valence-corrected chi connectivity index (χ2v) is 5.05. The predicted molar refractivity (Wildman–Crippen MR) is 91.5 cm³/mol. The number of halogens is 1. The van der Waals surface area contributed by atoms with Crippen LogP contribution in [0.25, 0.3) is 5.76 Å². The smallest absolute Gasteiger partial charge is 0.274 e. The summed E-state index contributed by atoms with van der Waals surface area (Å²) >= 11 is 0. The number of nitrogens with two attached hydrogens (primary N) is 1. The van der Waals surface area contributed by atoms with E-state index < -0.39 is 11.7 Å². The Hall–Kier alpha value is -3.29. The number of nitrogens with one attached hydrogen (secondary N) is 1. The summed E-state index contributed by atoms with van der Waals surface area (Å²) in [6, 6.07) is 2.45. The predicted octanol–water partition coefficient (Wildman–Crippen LogP) is 2.35. The number of amides is 1. The normalized spacial score (nSPS) is 10.7. The molecule has 2 aromatic rings. The van der Waals surface area contributed by atoms with Crippen LogP contribution in [0, 0.1) is 12.7 Å². The number of carbonyl (C=O) groups is 1. The van der Waals surface area contributed by atoms with Gasteiger partial charge in [-0.25, -0.2) is 14.4 Å². The summed E-state index contributed by atoms with van der Waals surface area (Å²) in [5, 5.41) is 2.58. The van der Waals surface area contributed by atoms with Crippen molar-refractivity contribution in [2.75, 3.05) is 5.73 Å². The van der Waals surface area contributed by atoms with Gasteiger partial charge in [0.15, 0.2) is 11.5 Å². The molecule has 0 radical (unpaired) electrons. The van der Waals surface area contributed by atoms with E-state index in [1.54, 1.807) is 19.9 Å². The molecule has 0 aliphatic rings. The first kappa shape index (κ1) is 18.1. The van der Waals surface area contributed by atoms with Crippen LogP contribution in [-0.4, -0.2) is 20.9 Å². The Labute approximate surface area is 144 Å². The van der Waals surface area contributed by atoms with Crippen molar-refractivity contribution >= 4 is 17.5 Å². The molecule has 3 N–H and O–H groups in total. The molecule has 130 valence electrons. The Balaban J connectivity index is 2.14. The molecule has 8 heteroatoms. The van der Waals surface area contributed by atoms with Gasteiger partial charge in [-0.1, -0.05) is 12.7 Å². The zero-order chi connectivity index (χ0) is 18.4. The third kappa shape index (κ3) is 4.60. The molecule has 2 rings (SSSR count). The molecule has 0 saturated heterocycles. The van der Waals surface area contributed by atoms with E-state index in [4.69, 9.17) is 10.5 Å². The molecule has 0 saturated carbocycles. The van der Waals surface area contributed by atoms with Gasteiger partial charge in [-0.05, 0) is 26.0 Å². The average Bonchev–Trinajstić information content (AvgIpc) is 2.59. The van der Waals surface area contributed by atoms with Crippen molar-refractivity contribution < 1.29 is 13.9 Å². The minimum atomic E-state index is -0.536. The summed E-state index contributed by atoms with van der Waals surface area (Å²) in [5.41, 5.74) is 6.97. The molecule has 0 aliphatic heterocycles. The van der Waals surface area contributed by atoms with E-state index in [9.17, 15) is 9.18 Å². The molecule has 7 nitrogen and oxygen atoms in total. The fourth-order valence-corrected chi connectivity index (χ4v) is 1.97. The van der Waals surface area contributed by atoms with Crippen molar-refractivity contribution in [3.8, 4) is 0 Å². The van der Waals surface area contributed by atoms with Gasteiger partial charge in [0, 0.05) is 6.20 Å². The van der Waals surface area contributed by atoms with Crippen LogP contribution in [0.15, 0.2) is 37.2 Å². The lowest BCUT2D eigenvalue weighted by molar-refractivity contribution is 0.0945. The van der Waals surface area contributed by atoms with Gasteiger partial charge < -0.3 is 15.8 Å². The molecule has 0 aliphatic carbocycles. The number of rotatable bonds is 6. The molecule has 0 atom stereocenters. The highest BCUT2D eigenvalue weighted by molar-refractivity contribution is 5.96. The van der Waals surface area contributed by atoms with Gasteiger partial charge in [-0.3, -0.25) is 9.78 Å². The minimum Gasteiger partial charge on any atom is -0.464 e. The molecule has 2 heterocycles. The number of hydrogen-bond acceptors (Lipinski definition) is 6. The number of ether oxygens (including phenoxy) is 1. The lowest BCUT2D eigenvalue weighted by Gasteiger charge is -2.11. The fourth-order valence-electron chi connectivity index (χ4n) is 1.97. The molecule has 0 bridgehead atoms. The highest BCUT2D eigenvalue weighted by atomic mass is 19.1. The van der Waals surface area contributed by atoms with Gasteiger partial charge >= 0.3 is 0 Å². The second kappa shape index (κ2) is 8.00. The third-order valence-electron chi connectivity index (χ3n) is 3.13. The molecule has 0 aromatic carbocycles. The quantitative estimate of drug-likeness (QED) is 0.781. The van der Waals surface area contributed by atoms with Gasteiger partial charge in [0.2, 0.25) is 0 Å². The number of nitrogens with zero attached hydrogens (tertiary/aromatic N) is 3. The minimum absolute atomic E-state index is 0.0310. The van der Waals surface area contributed by atoms with E-state index in [2.05, 4.69) is 26.8 Å². The first-order chi connectivity index (χ1) is 11.9. The summed E-state index contributed by atoms with van der Waals surface area (Å²) in [7, 11) is 0. The largest absolute Gasteiger partial charge is 0.464 e. The molecule has 2 aromatic heterocycles. The molecule has 0 spiro atoms. The first-order valence-electron chi connectivity index (χ1n) is 7.42. The monoisotopic (exact) mass is 343 g/mol. The summed E-state index contributed by atoms with van der Waals surface area (Å²) in [5.74, 6) is -0.759. The van der Waals surface area contributed by atoms with Crippen molar-refractivity contribution in [3.05, 3.63) is 65.8 Å². The van der Waals surface area contributed by atoms with E-state index in [-0.39, 0.29) is 23.8 Å². The maximum Gasteiger partial charge on any atom is 0.274 e. The second-order valence-electron chi connectivity index (χ2n) is 5.05. The topological polar surface area (TPSA) is 103 Å². The summed E-state index contributed by atoms with van der Waals surface area (Å²) < 4.78 is 18.4. The summed E-state index contributed by atoms with van der Waals surface area (Å²) in [6.45, 7) is 7.24. The van der Waals surface area contributed by atoms with Crippen LogP contribution in [0.2, 0.25) is 0 Å². The van der Waals surface area contributed by atoms with Gasteiger partial charge in [-0.15, -0.1) is 0 Å². The number of allylic oxidation sites excluding steroid dienone is 1. The zero-order valence-corrected chi connectivity index (χ0v) is 13.9. The van der Waals surface area contributed by atoms with Crippen LogP contribution in [0.1, 0.15) is 34.5 Å². The van der Waals surface area contributed by atoms with Crippen LogP contribution < -0.4 is 11.1 Å². The maximum absolute atomic E-state index is 13.1. The van der Waals surface area contributed by atoms with E-state index >= 15 is 0 Å². The molecule has 1 amide bonds. The zero-order valence-electron chi connectivity index (χ0n) is 13.9. The number of anilines is 1. The van der Waals surface area contributed by atoms with Crippen molar-refractivity contribution in [2.45, 2.75) is 20.4 Å². The molecular weight excluding hydrogens is 325 g/mol. The molecular formula is C17H18FN5O2. The Kier molecular flexibility index (Phi) is 5.78. The van der Waals surface area contributed by atoms with E-state index in [0.717, 1.165) is 0 Å². The molecule has 0 unspecified atom stereocenters. The van der Waals surface area contributed by atoms with Crippen LogP contribution in [0.3, 0.4) is 0 Å². The van der Waals surface area contributed by atoms with Crippen molar-refractivity contribution in [2.24, 2.45) is 0 Å². The number of nitrogen functional groups attached to an aromatic ring is 1. The van der Waals surface area contributed by atoms with E-state index in [1.807, 2.05) is 0 Å². The average molecular weight is 343 g/mol. The number of carbonyl (C=O) groups excluding carboxylic acids is 1. The Morgan fingerprint density at radius 2 is 2.20 bits per heavy atom. The SMILES string of the molecule is C=C(O/C=C\C)c1nc(N)c(C(=O)NCc2cc(F)ccn2)nc1C.